The molecule has 1 aromatic heterocycles. The Balaban J connectivity index is 1.68. The molecule has 0 radical (unpaired) electrons. The molecule has 4 rings (SSSR count). The summed E-state index contributed by atoms with van der Waals surface area (Å²) >= 11 is 5.88. The zero-order valence-corrected chi connectivity index (χ0v) is 17.7. The van der Waals surface area contributed by atoms with Crippen molar-refractivity contribution in [3.8, 4) is 11.8 Å². The van der Waals surface area contributed by atoms with Crippen molar-refractivity contribution in [2.24, 2.45) is 5.41 Å². The molecule has 3 aromatic rings. The van der Waals surface area contributed by atoms with E-state index in [9.17, 15) is 4.39 Å². The van der Waals surface area contributed by atoms with Crippen molar-refractivity contribution in [2.45, 2.75) is 20.3 Å². The molecule has 7 heteroatoms. The van der Waals surface area contributed by atoms with E-state index in [4.69, 9.17) is 17.3 Å². The van der Waals surface area contributed by atoms with E-state index in [2.05, 4.69) is 45.9 Å². The topological polar surface area (TPSA) is 67.1 Å². The lowest BCUT2D eigenvalue weighted by Crippen LogP contribution is -2.23. The van der Waals surface area contributed by atoms with Crippen LogP contribution in [0.3, 0.4) is 0 Å². The van der Waals surface area contributed by atoms with Crippen molar-refractivity contribution >= 4 is 39.7 Å². The molecule has 1 atom stereocenters. The third-order valence-electron chi connectivity index (χ3n) is 5.51. The Morgan fingerprint density at radius 3 is 2.93 bits per heavy atom. The number of hydrogen-bond acceptors (Lipinski definition) is 5. The maximum atomic E-state index is 14.3. The molecular weight excluding hydrogens is 401 g/mol. The third kappa shape index (κ3) is 4.04. The highest BCUT2D eigenvalue weighted by molar-refractivity contribution is 6.31. The normalized spacial score (nSPS) is 18.9. The van der Waals surface area contributed by atoms with Gasteiger partial charge in [-0.05, 0) is 50.7 Å². The highest BCUT2D eigenvalue weighted by atomic mass is 35.5. The number of nitrogens with zero attached hydrogens (tertiary/aromatic N) is 3. The van der Waals surface area contributed by atoms with Gasteiger partial charge in [0.25, 0.3) is 0 Å². The van der Waals surface area contributed by atoms with Gasteiger partial charge in [-0.15, -0.1) is 0 Å². The van der Waals surface area contributed by atoms with E-state index in [1.165, 1.54) is 12.4 Å². The number of benzene rings is 2. The van der Waals surface area contributed by atoms with Crippen LogP contribution in [0, 0.1) is 23.1 Å². The second-order valence-electron chi connectivity index (χ2n) is 7.83. The lowest BCUT2D eigenvalue weighted by Gasteiger charge is -2.17. The summed E-state index contributed by atoms with van der Waals surface area (Å²) in [6, 6.07) is 8.39. The van der Waals surface area contributed by atoms with Gasteiger partial charge in [0.15, 0.2) is 5.82 Å². The first-order valence-corrected chi connectivity index (χ1v) is 10.3. The summed E-state index contributed by atoms with van der Waals surface area (Å²) < 4.78 is 14.3. The fourth-order valence-electron chi connectivity index (χ4n) is 3.70. The number of halogens is 2. The molecule has 1 fully saturated rings. The number of aromatic nitrogens is 2. The van der Waals surface area contributed by atoms with E-state index in [-0.39, 0.29) is 16.1 Å². The molecule has 0 bridgehead atoms. The second kappa shape index (κ2) is 8.10. The molecule has 0 spiro atoms. The largest absolute Gasteiger partial charge is 0.398 e. The van der Waals surface area contributed by atoms with Crippen molar-refractivity contribution < 1.29 is 4.39 Å². The Morgan fingerprint density at radius 1 is 1.33 bits per heavy atom. The van der Waals surface area contributed by atoms with Gasteiger partial charge >= 0.3 is 0 Å². The SMILES string of the molecule is CCN1CCC(C)(C#Cc2cc3ncnc(Nc4cccc(Cl)c4F)c3cc2N)C1. The number of anilines is 3. The van der Waals surface area contributed by atoms with E-state index in [0.717, 1.165) is 31.6 Å². The molecule has 5 nitrogen and oxygen atoms in total. The van der Waals surface area contributed by atoms with Crippen LogP contribution in [0.4, 0.5) is 21.6 Å². The Morgan fingerprint density at radius 2 is 2.17 bits per heavy atom. The highest BCUT2D eigenvalue weighted by Gasteiger charge is 2.31. The van der Waals surface area contributed by atoms with E-state index >= 15 is 0 Å². The van der Waals surface area contributed by atoms with Crippen LogP contribution in [0.2, 0.25) is 5.02 Å². The van der Waals surface area contributed by atoms with Crippen LogP contribution in [0.15, 0.2) is 36.7 Å². The number of nitrogens with two attached hydrogens (primary N) is 1. The Kier molecular flexibility index (Phi) is 5.50. The van der Waals surface area contributed by atoms with E-state index in [1.807, 2.05) is 6.07 Å². The van der Waals surface area contributed by atoms with Gasteiger partial charge in [-0.1, -0.05) is 36.4 Å². The van der Waals surface area contributed by atoms with Gasteiger partial charge in [-0.2, -0.15) is 0 Å². The molecule has 0 saturated carbocycles. The van der Waals surface area contributed by atoms with Crippen LogP contribution in [-0.2, 0) is 0 Å². The quantitative estimate of drug-likeness (QED) is 0.466. The number of hydrogen-bond donors (Lipinski definition) is 2. The molecule has 154 valence electrons. The van der Waals surface area contributed by atoms with Crippen LogP contribution in [0.5, 0.6) is 0 Å². The summed E-state index contributed by atoms with van der Waals surface area (Å²) in [5.41, 5.74) is 8.44. The van der Waals surface area contributed by atoms with Crippen molar-refractivity contribution in [3.05, 3.63) is 53.1 Å². The Labute approximate surface area is 180 Å². The second-order valence-corrected chi connectivity index (χ2v) is 8.24. The molecule has 30 heavy (non-hydrogen) atoms. The van der Waals surface area contributed by atoms with Crippen LogP contribution < -0.4 is 11.1 Å². The standard InChI is InChI=1S/C23H23ClFN5/c1-3-30-10-9-23(2,13-30)8-7-15-11-20-16(12-18(15)26)22(28-14-27-20)29-19-6-4-5-17(24)21(19)25/h4-6,11-12,14H,3,9-10,13,26H2,1-2H3,(H,27,28,29). The first kappa shape index (κ1) is 20.4. The average molecular weight is 424 g/mol. The Hall–Kier alpha value is -2.88. The van der Waals surface area contributed by atoms with Gasteiger partial charge in [0.2, 0.25) is 0 Å². The predicted octanol–water partition coefficient (Wildman–Crippen LogP) is 4.83. The van der Waals surface area contributed by atoms with Crippen LogP contribution in [0.25, 0.3) is 10.9 Å². The molecule has 0 aliphatic carbocycles. The number of likely N-dealkylation sites (tertiary alicyclic amines) is 1. The summed E-state index contributed by atoms with van der Waals surface area (Å²) in [5.74, 6) is 6.59. The highest BCUT2D eigenvalue weighted by Crippen LogP contribution is 2.31. The molecule has 1 saturated heterocycles. The zero-order valence-electron chi connectivity index (χ0n) is 17.0. The molecular formula is C23H23ClFN5. The fraction of sp³-hybridized carbons (Fsp3) is 0.304. The third-order valence-corrected chi connectivity index (χ3v) is 5.80. The van der Waals surface area contributed by atoms with Gasteiger partial charge in [-0.3, -0.25) is 0 Å². The zero-order chi connectivity index (χ0) is 21.3. The minimum atomic E-state index is -0.535. The van der Waals surface area contributed by atoms with E-state index in [1.54, 1.807) is 18.2 Å². The maximum absolute atomic E-state index is 14.3. The predicted molar refractivity (Wildman–Crippen MR) is 120 cm³/mol. The number of fused-ring (bicyclic) bond motifs is 1. The number of rotatable bonds is 3. The molecule has 1 aliphatic heterocycles. The van der Waals surface area contributed by atoms with Crippen molar-refractivity contribution in [3.63, 3.8) is 0 Å². The molecule has 2 heterocycles. The minimum absolute atomic E-state index is 0.0393. The lowest BCUT2D eigenvalue weighted by molar-refractivity contribution is 0.327. The first-order chi connectivity index (χ1) is 14.4. The summed E-state index contributed by atoms with van der Waals surface area (Å²) in [7, 11) is 0. The summed E-state index contributed by atoms with van der Waals surface area (Å²) in [4.78, 5) is 11.0. The van der Waals surface area contributed by atoms with Gasteiger partial charge < -0.3 is 16.0 Å². The van der Waals surface area contributed by atoms with Crippen LogP contribution in [0.1, 0.15) is 25.8 Å². The monoisotopic (exact) mass is 423 g/mol. The van der Waals surface area contributed by atoms with Gasteiger partial charge in [0, 0.05) is 28.6 Å². The summed E-state index contributed by atoms with van der Waals surface area (Å²) in [5, 5.41) is 3.71. The number of nitrogen functional groups attached to an aromatic ring is 1. The smallest absolute Gasteiger partial charge is 0.165 e. The van der Waals surface area contributed by atoms with Gasteiger partial charge in [0.05, 0.1) is 16.2 Å². The van der Waals surface area contributed by atoms with Crippen molar-refractivity contribution in [2.75, 3.05) is 30.7 Å². The summed E-state index contributed by atoms with van der Waals surface area (Å²) in [6.45, 7) is 7.43. The molecule has 1 unspecified atom stereocenters. The maximum Gasteiger partial charge on any atom is 0.165 e. The van der Waals surface area contributed by atoms with E-state index < -0.39 is 5.82 Å². The van der Waals surface area contributed by atoms with E-state index in [0.29, 0.717) is 22.4 Å². The fourth-order valence-corrected chi connectivity index (χ4v) is 3.88. The average Bonchev–Trinajstić information content (AvgIpc) is 3.12. The van der Waals surface area contributed by atoms with Crippen molar-refractivity contribution in [1.82, 2.24) is 14.9 Å². The van der Waals surface area contributed by atoms with Crippen LogP contribution in [-0.4, -0.2) is 34.5 Å². The van der Waals surface area contributed by atoms with Crippen molar-refractivity contribution in [1.29, 1.82) is 0 Å². The molecule has 1 aliphatic rings. The van der Waals surface area contributed by atoms with Gasteiger partial charge in [-0.25, -0.2) is 14.4 Å². The minimum Gasteiger partial charge on any atom is -0.398 e. The lowest BCUT2D eigenvalue weighted by atomic mass is 9.90. The first-order valence-electron chi connectivity index (χ1n) is 9.89. The Bertz CT molecular complexity index is 1170. The molecule has 3 N–H and O–H groups in total. The van der Waals surface area contributed by atoms with Gasteiger partial charge in [0.1, 0.15) is 12.1 Å². The number of nitrogens with one attached hydrogen (secondary N) is 1. The molecule has 0 amide bonds. The summed E-state index contributed by atoms with van der Waals surface area (Å²) in [6.07, 6.45) is 2.47. The van der Waals surface area contributed by atoms with Crippen LogP contribution >= 0.6 is 11.6 Å². The molecule has 2 aromatic carbocycles.